The lowest BCUT2D eigenvalue weighted by molar-refractivity contribution is -0.115. The van der Waals surface area contributed by atoms with E-state index in [2.05, 4.69) is 20.6 Å². The van der Waals surface area contributed by atoms with Gasteiger partial charge in [0.2, 0.25) is 5.91 Å². The molecule has 2 aromatic carbocycles. The van der Waals surface area contributed by atoms with Crippen LogP contribution in [0, 0.1) is 0 Å². The zero-order valence-corrected chi connectivity index (χ0v) is 13.9. The van der Waals surface area contributed by atoms with E-state index in [0.717, 1.165) is 35.1 Å². The molecule has 0 aliphatic carbocycles. The average Bonchev–Trinajstić information content (AvgIpc) is 3.20. The van der Waals surface area contributed by atoms with Crippen LogP contribution in [0.1, 0.15) is 11.1 Å². The lowest BCUT2D eigenvalue weighted by Gasteiger charge is -2.16. The Hall–Kier alpha value is -2.53. The van der Waals surface area contributed by atoms with Crippen LogP contribution in [0.3, 0.4) is 0 Å². The minimum Gasteiger partial charge on any atom is -0.326 e. The molecule has 24 heavy (non-hydrogen) atoms. The Balaban J connectivity index is 1.41. The van der Waals surface area contributed by atoms with Crippen molar-refractivity contribution in [3.8, 4) is 0 Å². The summed E-state index contributed by atoms with van der Waals surface area (Å²) in [6, 6.07) is 17.8. The maximum absolute atomic E-state index is 12.1. The second-order valence-corrected chi connectivity index (χ2v) is 6.56. The molecule has 0 unspecified atom stereocenters. The smallest absolute Gasteiger partial charge is 0.228 e. The minimum absolute atomic E-state index is 0.00134. The number of hydrogen-bond acceptors (Lipinski definition) is 4. The molecule has 0 atom stereocenters. The van der Waals surface area contributed by atoms with Gasteiger partial charge < -0.3 is 10.2 Å². The van der Waals surface area contributed by atoms with Crippen LogP contribution in [-0.4, -0.2) is 29.1 Å². The van der Waals surface area contributed by atoms with Gasteiger partial charge in [0.05, 0.1) is 18.7 Å². The number of hydrogen-bond donors (Lipinski definition) is 1. The molecule has 0 bridgehead atoms. The van der Waals surface area contributed by atoms with Gasteiger partial charge in [-0.05, 0) is 23.3 Å². The SMILES string of the molecule is O=C(Cc1ccccc1)Nc1ccc(C2=CSC3=NCCN23)cc1. The van der Waals surface area contributed by atoms with Gasteiger partial charge in [0.15, 0.2) is 5.17 Å². The molecule has 4 nitrogen and oxygen atoms in total. The van der Waals surface area contributed by atoms with Gasteiger partial charge in [0.1, 0.15) is 0 Å². The zero-order chi connectivity index (χ0) is 16.4. The van der Waals surface area contributed by atoms with Crippen LogP contribution < -0.4 is 5.32 Å². The molecular formula is C19H17N3OS. The van der Waals surface area contributed by atoms with Crippen molar-refractivity contribution < 1.29 is 4.79 Å². The Morgan fingerprint density at radius 1 is 1.12 bits per heavy atom. The second-order valence-electron chi connectivity index (χ2n) is 5.72. The number of thioether (sulfide) groups is 1. The van der Waals surface area contributed by atoms with Crippen molar-refractivity contribution in [3.05, 3.63) is 71.1 Å². The summed E-state index contributed by atoms with van der Waals surface area (Å²) in [5.41, 5.74) is 4.18. The molecule has 5 heteroatoms. The van der Waals surface area contributed by atoms with E-state index >= 15 is 0 Å². The van der Waals surface area contributed by atoms with E-state index in [0.29, 0.717) is 6.42 Å². The number of nitrogens with one attached hydrogen (secondary N) is 1. The molecule has 2 aliphatic rings. The molecular weight excluding hydrogens is 318 g/mol. The summed E-state index contributed by atoms with van der Waals surface area (Å²) >= 11 is 1.68. The number of amides is 1. The van der Waals surface area contributed by atoms with Crippen molar-refractivity contribution in [3.63, 3.8) is 0 Å². The van der Waals surface area contributed by atoms with Crippen molar-refractivity contribution in [2.45, 2.75) is 6.42 Å². The summed E-state index contributed by atoms with van der Waals surface area (Å²) in [5, 5.41) is 6.18. The molecule has 1 N–H and O–H groups in total. The van der Waals surface area contributed by atoms with Crippen LogP contribution in [0.2, 0.25) is 0 Å². The fourth-order valence-corrected chi connectivity index (χ4v) is 3.82. The van der Waals surface area contributed by atoms with E-state index in [9.17, 15) is 4.79 Å². The molecule has 4 rings (SSSR count). The largest absolute Gasteiger partial charge is 0.326 e. The molecule has 2 aliphatic heterocycles. The van der Waals surface area contributed by atoms with Crippen LogP contribution in [0.4, 0.5) is 5.69 Å². The molecule has 0 saturated carbocycles. The molecule has 120 valence electrons. The van der Waals surface area contributed by atoms with Crippen molar-refractivity contribution >= 4 is 34.2 Å². The number of fused-ring (bicyclic) bond motifs is 1. The quantitative estimate of drug-likeness (QED) is 0.929. The molecule has 0 spiro atoms. The molecule has 0 fully saturated rings. The third kappa shape index (κ3) is 3.08. The first-order valence-corrected chi connectivity index (χ1v) is 8.80. The van der Waals surface area contributed by atoms with E-state index in [1.165, 1.54) is 5.70 Å². The Labute approximate surface area is 145 Å². The van der Waals surface area contributed by atoms with Crippen LogP contribution in [0.25, 0.3) is 5.70 Å². The fourth-order valence-electron chi connectivity index (χ4n) is 2.86. The highest BCUT2D eigenvalue weighted by molar-refractivity contribution is 8.16. The van der Waals surface area contributed by atoms with Crippen molar-refractivity contribution in [2.75, 3.05) is 18.4 Å². The van der Waals surface area contributed by atoms with Gasteiger partial charge in [0, 0.05) is 17.6 Å². The number of amidine groups is 1. The first-order valence-electron chi connectivity index (χ1n) is 7.93. The first kappa shape index (κ1) is 15.0. The lowest BCUT2D eigenvalue weighted by atomic mass is 10.1. The third-order valence-corrected chi connectivity index (χ3v) is 4.94. The number of rotatable bonds is 4. The Morgan fingerprint density at radius 2 is 1.92 bits per heavy atom. The zero-order valence-electron chi connectivity index (χ0n) is 13.1. The number of benzene rings is 2. The summed E-state index contributed by atoms with van der Waals surface area (Å²) in [6.07, 6.45) is 0.387. The highest BCUT2D eigenvalue weighted by atomic mass is 32.2. The number of anilines is 1. The van der Waals surface area contributed by atoms with Crippen molar-refractivity contribution in [2.24, 2.45) is 4.99 Å². The summed E-state index contributed by atoms with van der Waals surface area (Å²) in [6.45, 7) is 1.82. The van der Waals surface area contributed by atoms with E-state index in [1.807, 2.05) is 54.6 Å². The van der Waals surface area contributed by atoms with Gasteiger partial charge >= 0.3 is 0 Å². The fraction of sp³-hybridized carbons (Fsp3) is 0.158. The minimum atomic E-state index is -0.00134. The summed E-state index contributed by atoms with van der Waals surface area (Å²) < 4.78 is 0. The predicted octanol–water partition coefficient (Wildman–Crippen LogP) is 3.58. The van der Waals surface area contributed by atoms with E-state index in [1.54, 1.807) is 11.8 Å². The number of nitrogens with zero attached hydrogens (tertiary/aromatic N) is 2. The predicted molar refractivity (Wildman–Crippen MR) is 99.8 cm³/mol. The lowest BCUT2D eigenvalue weighted by Crippen LogP contribution is -2.19. The molecule has 0 saturated heterocycles. The van der Waals surface area contributed by atoms with Gasteiger partial charge in [0.25, 0.3) is 0 Å². The molecule has 0 aromatic heterocycles. The highest BCUT2D eigenvalue weighted by Crippen LogP contribution is 2.35. The molecule has 0 radical (unpaired) electrons. The molecule has 2 aromatic rings. The van der Waals surface area contributed by atoms with Gasteiger partial charge in [-0.15, -0.1) is 0 Å². The number of carbonyl (C=O) groups excluding carboxylic acids is 1. The summed E-state index contributed by atoms with van der Waals surface area (Å²) in [5.74, 6) is -0.00134. The van der Waals surface area contributed by atoms with E-state index < -0.39 is 0 Å². The molecule has 2 heterocycles. The maximum Gasteiger partial charge on any atom is 0.228 e. The molecule has 1 amide bonds. The number of carbonyl (C=O) groups is 1. The summed E-state index contributed by atoms with van der Waals surface area (Å²) in [7, 11) is 0. The van der Waals surface area contributed by atoms with Gasteiger partial charge in [-0.3, -0.25) is 9.79 Å². The Bertz CT molecular complexity index is 812. The first-order chi connectivity index (χ1) is 11.8. The average molecular weight is 335 g/mol. The number of aliphatic imine (C=N–C) groups is 1. The summed E-state index contributed by atoms with van der Waals surface area (Å²) in [4.78, 5) is 18.8. The van der Waals surface area contributed by atoms with Crippen LogP contribution >= 0.6 is 11.8 Å². The van der Waals surface area contributed by atoms with Crippen LogP contribution in [0.15, 0.2) is 65.0 Å². The van der Waals surface area contributed by atoms with E-state index in [-0.39, 0.29) is 5.91 Å². The van der Waals surface area contributed by atoms with Gasteiger partial charge in [-0.25, -0.2) is 0 Å². The normalized spacial score (nSPS) is 15.8. The topological polar surface area (TPSA) is 44.7 Å². The van der Waals surface area contributed by atoms with Crippen LogP contribution in [0.5, 0.6) is 0 Å². The monoisotopic (exact) mass is 335 g/mol. The Morgan fingerprint density at radius 3 is 2.71 bits per heavy atom. The standard InChI is InChI=1S/C19H17N3OS/c23-18(12-14-4-2-1-3-5-14)21-16-8-6-15(7-9-16)17-13-24-19-20-10-11-22(17)19/h1-9,13H,10-12H2,(H,21,23). The van der Waals surface area contributed by atoms with Crippen molar-refractivity contribution in [1.29, 1.82) is 0 Å². The van der Waals surface area contributed by atoms with Crippen molar-refractivity contribution in [1.82, 2.24) is 4.90 Å². The van der Waals surface area contributed by atoms with Crippen LogP contribution in [-0.2, 0) is 11.2 Å². The van der Waals surface area contributed by atoms with Gasteiger partial charge in [-0.1, -0.05) is 54.2 Å². The Kier molecular flexibility index (Phi) is 4.09. The highest BCUT2D eigenvalue weighted by Gasteiger charge is 2.26. The maximum atomic E-state index is 12.1. The van der Waals surface area contributed by atoms with E-state index in [4.69, 9.17) is 0 Å². The second kappa shape index (κ2) is 6.53. The third-order valence-electron chi connectivity index (χ3n) is 4.04. The van der Waals surface area contributed by atoms with Gasteiger partial charge in [-0.2, -0.15) is 0 Å².